The zero-order chi connectivity index (χ0) is 25.7. The normalized spacial score (nSPS) is 11.3. The van der Waals surface area contributed by atoms with Gasteiger partial charge in [-0.3, -0.25) is 10.0 Å². The van der Waals surface area contributed by atoms with Crippen LogP contribution >= 0.6 is 22.9 Å². The lowest BCUT2D eigenvalue weighted by Crippen LogP contribution is -2.15. The van der Waals surface area contributed by atoms with E-state index in [0.29, 0.717) is 9.70 Å². The molecule has 0 fully saturated rings. The fraction of sp³-hybridized carbons (Fsp3) is 0.968. The summed E-state index contributed by atoms with van der Waals surface area (Å²) in [6, 6.07) is 0. The van der Waals surface area contributed by atoms with Crippen LogP contribution in [0.15, 0.2) is 0 Å². The predicted molar refractivity (Wildman–Crippen MR) is 162 cm³/mol. The highest BCUT2D eigenvalue weighted by atomic mass is 127. The van der Waals surface area contributed by atoms with Crippen molar-refractivity contribution in [3.63, 3.8) is 0 Å². The standard InChI is InChI=1S/C31H62INO2/c1-2-3-4-5-6-7-8-9-10-11-12-13-14-15-16-17-18-19-20-21-22-23-24-25-26-27-28-29-30-31(34)33(32)35/h35H,2-30H2,1H3. The van der Waals surface area contributed by atoms with Gasteiger partial charge in [0.1, 0.15) is 0 Å². The fourth-order valence-corrected chi connectivity index (χ4v) is 5.28. The number of hydrogen-bond acceptors (Lipinski definition) is 2. The van der Waals surface area contributed by atoms with E-state index in [0.717, 1.165) is 12.8 Å². The molecule has 0 saturated heterocycles. The highest BCUT2D eigenvalue weighted by molar-refractivity contribution is 14.1. The number of unbranched alkanes of at least 4 members (excludes halogenated alkanes) is 27. The van der Waals surface area contributed by atoms with Crippen molar-refractivity contribution in [2.75, 3.05) is 0 Å². The summed E-state index contributed by atoms with van der Waals surface area (Å²) in [6.45, 7) is 2.30. The van der Waals surface area contributed by atoms with Crippen LogP contribution in [-0.2, 0) is 4.79 Å². The van der Waals surface area contributed by atoms with E-state index in [9.17, 15) is 4.79 Å². The third-order valence-corrected chi connectivity index (χ3v) is 7.99. The van der Waals surface area contributed by atoms with Gasteiger partial charge in [0, 0.05) is 6.42 Å². The molecule has 4 heteroatoms. The molecule has 1 N–H and O–H groups in total. The molecule has 0 heterocycles. The van der Waals surface area contributed by atoms with Crippen LogP contribution < -0.4 is 0 Å². The first-order valence-corrected chi connectivity index (χ1v) is 16.8. The van der Waals surface area contributed by atoms with E-state index >= 15 is 0 Å². The van der Waals surface area contributed by atoms with Crippen LogP contribution in [0.1, 0.15) is 193 Å². The molecule has 210 valence electrons. The first kappa shape index (κ1) is 35.2. The van der Waals surface area contributed by atoms with Crippen LogP contribution in [0.4, 0.5) is 0 Å². The van der Waals surface area contributed by atoms with E-state index in [4.69, 9.17) is 5.21 Å². The Morgan fingerprint density at radius 1 is 0.457 bits per heavy atom. The molecular weight excluding hydrogens is 545 g/mol. The van der Waals surface area contributed by atoms with Gasteiger partial charge in [0.25, 0.3) is 5.91 Å². The molecule has 0 aromatic heterocycles. The summed E-state index contributed by atoms with van der Waals surface area (Å²) in [5.41, 5.74) is 0. The Balaban J connectivity index is 3.05. The van der Waals surface area contributed by atoms with E-state index in [-0.39, 0.29) is 5.91 Å². The SMILES string of the molecule is CCCCCCCCCCCCCCCCCCCCCCCCCCCCCCC(=O)N(O)I. The number of hydroxylamine groups is 1. The maximum atomic E-state index is 11.3. The molecule has 3 nitrogen and oxygen atoms in total. The lowest BCUT2D eigenvalue weighted by molar-refractivity contribution is -0.141. The van der Waals surface area contributed by atoms with Gasteiger partial charge in [-0.2, -0.15) is 3.28 Å². The van der Waals surface area contributed by atoms with Gasteiger partial charge in [0.05, 0.1) is 22.9 Å². The predicted octanol–water partition coefficient (Wildman–Crippen LogP) is 11.9. The summed E-state index contributed by atoms with van der Waals surface area (Å²) in [7, 11) is 0. The fourth-order valence-electron chi connectivity index (χ4n) is 5.04. The average molecular weight is 608 g/mol. The highest BCUT2D eigenvalue weighted by Crippen LogP contribution is 2.16. The van der Waals surface area contributed by atoms with Gasteiger partial charge in [0.15, 0.2) is 0 Å². The summed E-state index contributed by atoms with van der Waals surface area (Å²) in [5.74, 6) is -0.180. The van der Waals surface area contributed by atoms with Crippen LogP contribution in [-0.4, -0.2) is 14.4 Å². The smallest absolute Gasteiger partial charge is 0.255 e. The van der Waals surface area contributed by atoms with Crippen LogP contribution in [0, 0.1) is 0 Å². The minimum atomic E-state index is -0.180. The van der Waals surface area contributed by atoms with Crippen molar-refractivity contribution in [2.45, 2.75) is 193 Å². The number of halogens is 1. The minimum absolute atomic E-state index is 0.180. The Labute approximate surface area is 234 Å². The topological polar surface area (TPSA) is 40.5 Å². The van der Waals surface area contributed by atoms with Gasteiger partial charge in [0.2, 0.25) is 0 Å². The number of hydrogen-bond donors (Lipinski definition) is 1. The molecule has 0 aliphatic heterocycles. The number of carbonyl (C=O) groups is 1. The van der Waals surface area contributed by atoms with Crippen LogP contribution in [0.3, 0.4) is 0 Å². The van der Waals surface area contributed by atoms with Gasteiger partial charge >= 0.3 is 0 Å². The Bertz CT molecular complexity index is 417. The maximum Gasteiger partial charge on any atom is 0.255 e. The number of carbonyl (C=O) groups excluding carboxylic acids is 1. The lowest BCUT2D eigenvalue weighted by Gasteiger charge is -2.05. The molecule has 0 spiro atoms. The molecular formula is C31H62INO2. The molecule has 0 aromatic rings. The number of nitrogens with zero attached hydrogens (tertiary/aromatic N) is 1. The van der Waals surface area contributed by atoms with E-state index in [2.05, 4.69) is 6.92 Å². The molecule has 35 heavy (non-hydrogen) atoms. The molecule has 0 atom stereocenters. The van der Waals surface area contributed by atoms with Crippen molar-refractivity contribution in [2.24, 2.45) is 0 Å². The molecule has 0 aliphatic carbocycles. The zero-order valence-corrected chi connectivity index (χ0v) is 25.8. The van der Waals surface area contributed by atoms with Crippen molar-refractivity contribution < 1.29 is 10.0 Å². The molecule has 0 saturated carbocycles. The second-order valence-electron chi connectivity index (χ2n) is 10.9. The summed E-state index contributed by atoms with van der Waals surface area (Å²) in [4.78, 5) is 11.3. The molecule has 0 aliphatic rings. The first-order valence-electron chi connectivity index (χ1n) is 15.9. The second-order valence-corrected chi connectivity index (χ2v) is 11.9. The maximum absolute atomic E-state index is 11.3. The quantitative estimate of drug-likeness (QED) is 0.0302. The van der Waals surface area contributed by atoms with E-state index in [1.807, 2.05) is 0 Å². The van der Waals surface area contributed by atoms with Crippen molar-refractivity contribution in [1.29, 1.82) is 0 Å². The van der Waals surface area contributed by atoms with Gasteiger partial charge in [-0.1, -0.05) is 180 Å². The molecule has 1 amide bonds. The van der Waals surface area contributed by atoms with Crippen LogP contribution in [0.5, 0.6) is 0 Å². The van der Waals surface area contributed by atoms with Crippen molar-refractivity contribution in [1.82, 2.24) is 3.28 Å². The van der Waals surface area contributed by atoms with Gasteiger partial charge in [-0.25, -0.2) is 0 Å². The average Bonchev–Trinajstić information content (AvgIpc) is 2.85. The lowest BCUT2D eigenvalue weighted by atomic mass is 10.0. The Morgan fingerprint density at radius 3 is 0.857 bits per heavy atom. The third-order valence-electron chi connectivity index (χ3n) is 7.45. The van der Waals surface area contributed by atoms with Gasteiger partial charge in [-0.05, 0) is 6.42 Å². The summed E-state index contributed by atoms with van der Waals surface area (Å²) >= 11 is 1.62. The number of amides is 1. The van der Waals surface area contributed by atoms with Gasteiger partial charge in [-0.15, -0.1) is 0 Å². The number of rotatable bonds is 29. The molecule has 0 unspecified atom stereocenters. The third kappa shape index (κ3) is 30.3. The van der Waals surface area contributed by atoms with Crippen LogP contribution in [0.25, 0.3) is 0 Å². The van der Waals surface area contributed by atoms with E-state index in [1.54, 1.807) is 22.9 Å². The zero-order valence-electron chi connectivity index (χ0n) is 23.7. The van der Waals surface area contributed by atoms with E-state index in [1.165, 1.54) is 167 Å². The summed E-state index contributed by atoms with van der Waals surface area (Å²) < 4.78 is 0.679. The van der Waals surface area contributed by atoms with Crippen LogP contribution in [0.2, 0.25) is 0 Å². The molecule has 0 radical (unpaired) electrons. The summed E-state index contributed by atoms with van der Waals surface area (Å²) in [6.07, 6.45) is 39.6. The van der Waals surface area contributed by atoms with Crippen molar-refractivity contribution >= 4 is 28.8 Å². The molecule has 0 rings (SSSR count). The minimum Gasteiger partial charge on any atom is -0.276 e. The Kier molecular flexibility index (Phi) is 30.5. The Morgan fingerprint density at radius 2 is 0.657 bits per heavy atom. The largest absolute Gasteiger partial charge is 0.276 e. The first-order chi connectivity index (χ1) is 17.2. The monoisotopic (exact) mass is 607 g/mol. The molecule has 0 bridgehead atoms. The second kappa shape index (κ2) is 30.4. The Hall–Kier alpha value is 0.160. The molecule has 0 aromatic carbocycles. The van der Waals surface area contributed by atoms with Gasteiger partial charge < -0.3 is 0 Å². The van der Waals surface area contributed by atoms with Crippen molar-refractivity contribution in [3.05, 3.63) is 0 Å². The van der Waals surface area contributed by atoms with E-state index < -0.39 is 0 Å². The summed E-state index contributed by atoms with van der Waals surface area (Å²) in [5, 5.41) is 8.99. The van der Waals surface area contributed by atoms with Crippen molar-refractivity contribution in [3.8, 4) is 0 Å². The highest BCUT2D eigenvalue weighted by Gasteiger charge is 2.05.